The molecule has 2 N–H and O–H groups in total. The first-order chi connectivity index (χ1) is 8.06. The van der Waals surface area contributed by atoms with Gasteiger partial charge in [-0.2, -0.15) is 0 Å². The molecule has 0 aliphatic carbocycles. The fourth-order valence-corrected chi connectivity index (χ4v) is 2.46. The Morgan fingerprint density at radius 2 is 1.94 bits per heavy atom. The maximum atomic E-state index is 10.9. The minimum absolute atomic E-state index is 0.0221. The van der Waals surface area contributed by atoms with E-state index >= 15 is 0 Å². The molecule has 4 nitrogen and oxygen atoms in total. The molecule has 2 aromatic rings. The Kier molecular flexibility index (Phi) is 3.51. The van der Waals surface area contributed by atoms with Crippen LogP contribution in [0.5, 0.6) is 0 Å². The van der Waals surface area contributed by atoms with Gasteiger partial charge in [-0.05, 0) is 18.2 Å². The molecule has 88 valence electrons. The Bertz CT molecular complexity index is 551. The monoisotopic (exact) mass is 288 g/mol. The van der Waals surface area contributed by atoms with Crippen LogP contribution >= 0.6 is 34.5 Å². The van der Waals surface area contributed by atoms with Crippen LogP contribution in [0.3, 0.4) is 0 Å². The number of nitrogens with zero attached hydrogens (tertiary/aromatic N) is 1. The molecule has 17 heavy (non-hydrogen) atoms. The number of carboxylic acid groups (broad SMARTS) is 1. The fraction of sp³-hybridized carbons (Fsp3) is 0. The summed E-state index contributed by atoms with van der Waals surface area (Å²) in [4.78, 5) is 14.6. The van der Waals surface area contributed by atoms with Crippen molar-refractivity contribution in [2.45, 2.75) is 0 Å². The van der Waals surface area contributed by atoms with Gasteiger partial charge in [-0.3, -0.25) is 0 Å². The predicted octanol–water partition coefficient (Wildman–Crippen LogP) is 3.89. The van der Waals surface area contributed by atoms with Crippen LogP contribution in [0.2, 0.25) is 10.0 Å². The van der Waals surface area contributed by atoms with Gasteiger partial charge >= 0.3 is 5.97 Å². The van der Waals surface area contributed by atoms with Crippen LogP contribution < -0.4 is 5.32 Å². The van der Waals surface area contributed by atoms with E-state index in [4.69, 9.17) is 28.3 Å². The maximum absolute atomic E-state index is 10.9. The number of rotatable bonds is 3. The van der Waals surface area contributed by atoms with Crippen LogP contribution in [0.25, 0.3) is 0 Å². The molecule has 0 fully saturated rings. The Morgan fingerprint density at radius 3 is 2.53 bits per heavy atom. The van der Waals surface area contributed by atoms with Crippen molar-refractivity contribution in [2.75, 3.05) is 5.32 Å². The highest BCUT2D eigenvalue weighted by atomic mass is 35.5. The molecule has 0 amide bonds. The SMILES string of the molecule is O=C(O)c1ncsc1Nc1cc(Cl)cc(Cl)c1. The van der Waals surface area contributed by atoms with E-state index in [1.165, 1.54) is 16.8 Å². The molecular weight excluding hydrogens is 283 g/mol. The second-order valence-electron chi connectivity index (χ2n) is 3.12. The molecule has 7 heteroatoms. The molecule has 0 aliphatic heterocycles. The molecule has 0 radical (unpaired) electrons. The van der Waals surface area contributed by atoms with Crippen LogP contribution in [0.15, 0.2) is 23.7 Å². The summed E-state index contributed by atoms with van der Waals surface area (Å²) in [5.41, 5.74) is 2.05. The van der Waals surface area contributed by atoms with Crippen molar-refractivity contribution in [2.24, 2.45) is 0 Å². The topological polar surface area (TPSA) is 62.2 Å². The van der Waals surface area contributed by atoms with Crippen LogP contribution in [0.1, 0.15) is 10.5 Å². The largest absolute Gasteiger partial charge is 0.476 e. The quantitative estimate of drug-likeness (QED) is 0.899. The summed E-state index contributed by atoms with van der Waals surface area (Å²) in [7, 11) is 0. The van der Waals surface area contributed by atoms with E-state index in [1.54, 1.807) is 18.2 Å². The third kappa shape index (κ3) is 2.88. The van der Waals surface area contributed by atoms with E-state index < -0.39 is 5.97 Å². The number of nitrogens with one attached hydrogen (secondary N) is 1. The van der Waals surface area contributed by atoms with Crippen molar-refractivity contribution in [3.8, 4) is 0 Å². The predicted molar refractivity (Wildman–Crippen MR) is 68.8 cm³/mol. The smallest absolute Gasteiger partial charge is 0.357 e. The zero-order chi connectivity index (χ0) is 12.4. The lowest BCUT2D eigenvalue weighted by Gasteiger charge is -2.05. The summed E-state index contributed by atoms with van der Waals surface area (Å²) in [6.07, 6.45) is 0. The molecule has 0 bridgehead atoms. The lowest BCUT2D eigenvalue weighted by atomic mass is 10.3. The van der Waals surface area contributed by atoms with Crippen LogP contribution in [0.4, 0.5) is 10.7 Å². The number of thiazole rings is 1. The van der Waals surface area contributed by atoms with Gasteiger partial charge < -0.3 is 10.4 Å². The van der Waals surface area contributed by atoms with Crippen LogP contribution in [-0.4, -0.2) is 16.1 Å². The van der Waals surface area contributed by atoms with Crippen molar-refractivity contribution in [3.05, 3.63) is 39.4 Å². The minimum atomic E-state index is -1.08. The molecule has 0 atom stereocenters. The summed E-state index contributed by atoms with van der Waals surface area (Å²) in [6.45, 7) is 0. The molecule has 1 aromatic heterocycles. The minimum Gasteiger partial charge on any atom is -0.476 e. The molecule has 1 aromatic carbocycles. The zero-order valence-corrected chi connectivity index (χ0v) is 10.6. The Morgan fingerprint density at radius 1 is 1.29 bits per heavy atom. The zero-order valence-electron chi connectivity index (χ0n) is 8.28. The number of hydrogen-bond donors (Lipinski definition) is 2. The lowest BCUT2D eigenvalue weighted by Crippen LogP contribution is -2.00. The maximum Gasteiger partial charge on any atom is 0.357 e. The number of halogens is 2. The number of benzene rings is 1. The average molecular weight is 289 g/mol. The van der Waals surface area contributed by atoms with E-state index in [9.17, 15) is 4.79 Å². The number of anilines is 2. The average Bonchev–Trinajstić information content (AvgIpc) is 2.63. The number of aromatic carboxylic acids is 1. The summed E-state index contributed by atoms with van der Waals surface area (Å²) in [5.74, 6) is -1.08. The van der Waals surface area contributed by atoms with Gasteiger partial charge in [0.15, 0.2) is 5.69 Å². The van der Waals surface area contributed by atoms with Crippen molar-refractivity contribution in [3.63, 3.8) is 0 Å². The molecule has 0 saturated heterocycles. The van der Waals surface area contributed by atoms with E-state index in [0.29, 0.717) is 20.7 Å². The Labute approximate surface area is 111 Å². The van der Waals surface area contributed by atoms with E-state index in [0.717, 1.165) is 0 Å². The van der Waals surface area contributed by atoms with Gasteiger partial charge in [0.05, 0.1) is 5.51 Å². The highest BCUT2D eigenvalue weighted by molar-refractivity contribution is 7.14. The lowest BCUT2D eigenvalue weighted by molar-refractivity contribution is 0.0692. The first-order valence-corrected chi connectivity index (χ1v) is 6.09. The molecule has 0 saturated carbocycles. The first-order valence-electron chi connectivity index (χ1n) is 4.46. The Balaban J connectivity index is 2.31. The first kappa shape index (κ1) is 12.2. The molecular formula is C10H6Cl2N2O2S. The van der Waals surface area contributed by atoms with Gasteiger partial charge in [0.1, 0.15) is 5.00 Å². The highest BCUT2D eigenvalue weighted by Crippen LogP contribution is 2.28. The van der Waals surface area contributed by atoms with Crippen molar-refractivity contribution >= 4 is 51.2 Å². The number of carbonyl (C=O) groups is 1. The molecule has 1 heterocycles. The van der Waals surface area contributed by atoms with Crippen LogP contribution in [0, 0.1) is 0 Å². The standard InChI is InChI=1S/C10H6Cl2N2O2S/c11-5-1-6(12)3-7(2-5)14-9-8(10(15)16)13-4-17-9/h1-4,14H,(H,15,16). The number of hydrogen-bond acceptors (Lipinski definition) is 4. The van der Waals surface area contributed by atoms with Gasteiger partial charge in [0, 0.05) is 15.7 Å². The normalized spacial score (nSPS) is 10.2. The van der Waals surface area contributed by atoms with E-state index in [-0.39, 0.29) is 5.69 Å². The second-order valence-corrected chi connectivity index (χ2v) is 4.85. The highest BCUT2D eigenvalue weighted by Gasteiger charge is 2.13. The molecule has 0 unspecified atom stereocenters. The summed E-state index contributed by atoms with van der Waals surface area (Å²) in [5, 5.41) is 13.2. The summed E-state index contributed by atoms with van der Waals surface area (Å²) >= 11 is 12.9. The Hall–Kier alpha value is -1.30. The van der Waals surface area contributed by atoms with Gasteiger partial charge in [0.2, 0.25) is 0 Å². The number of carboxylic acids is 1. The van der Waals surface area contributed by atoms with Gasteiger partial charge in [-0.15, -0.1) is 11.3 Å². The van der Waals surface area contributed by atoms with E-state index in [1.807, 2.05) is 0 Å². The number of aromatic nitrogens is 1. The van der Waals surface area contributed by atoms with E-state index in [2.05, 4.69) is 10.3 Å². The van der Waals surface area contributed by atoms with Crippen molar-refractivity contribution in [1.82, 2.24) is 4.98 Å². The molecule has 2 rings (SSSR count). The van der Waals surface area contributed by atoms with Gasteiger partial charge in [0.25, 0.3) is 0 Å². The summed E-state index contributed by atoms with van der Waals surface area (Å²) in [6, 6.07) is 4.90. The second kappa shape index (κ2) is 4.91. The van der Waals surface area contributed by atoms with Gasteiger partial charge in [-0.1, -0.05) is 23.2 Å². The van der Waals surface area contributed by atoms with Crippen molar-refractivity contribution in [1.29, 1.82) is 0 Å². The van der Waals surface area contributed by atoms with Gasteiger partial charge in [-0.25, -0.2) is 9.78 Å². The molecule has 0 spiro atoms. The fourth-order valence-electron chi connectivity index (χ4n) is 1.24. The molecule has 0 aliphatic rings. The van der Waals surface area contributed by atoms with Crippen LogP contribution in [-0.2, 0) is 0 Å². The van der Waals surface area contributed by atoms with Crippen molar-refractivity contribution < 1.29 is 9.90 Å². The third-order valence-corrected chi connectivity index (χ3v) is 3.07. The third-order valence-electron chi connectivity index (χ3n) is 1.89. The summed E-state index contributed by atoms with van der Waals surface area (Å²) < 4.78 is 0.